The van der Waals surface area contributed by atoms with Gasteiger partial charge in [0, 0.05) is 20.9 Å². The maximum atomic E-state index is 12.2. The van der Waals surface area contributed by atoms with Gasteiger partial charge in [0.25, 0.3) is 5.91 Å². The molecule has 1 amide bonds. The van der Waals surface area contributed by atoms with Crippen molar-refractivity contribution in [1.82, 2.24) is 0 Å². The van der Waals surface area contributed by atoms with E-state index < -0.39 is 0 Å². The van der Waals surface area contributed by atoms with Gasteiger partial charge in [-0.15, -0.1) is 0 Å². The molecular formula is C14H12BrClN2O. The largest absolute Gasteiger partial charge is 0.398 e. The number of carbonyl (C=O) groups is 1. The van der Waals surface area contributed by atoms with Crippen molar-refractivity contribution in [1.29, 1.82) is 0 Å². The second-order valence-corrected chi connectivity index (χ2v) is 5.39. The molecule has 19 heavy (non-hydrogen) atoms. The van der Waals surface area contributed by atoms with Crippen LogP contribution in [0.3, 0.4) is 0 Å². The molecule has 2 rings (SSSR count). The first-order valence-corrected chi connectivity index (χ1v) is 6.77. The average Bonchev–Trinajstić information content (AvgIpc) is 2.38. The number of nitrogens with two attached hydrogens (primary N) is 1. The van der Waals surface area contributed by atoms with Crippen LogP contribution in [0.25, 0.3) is 0 Å². The quantitative estimate of drug-likeness (QED) is 0.804. The lowest BCUT2D eigenvalue weighted by atomic mass is 10.1. The van der Waals surface area contributed by atoms with Crippen LogP contribution in [0.2, 0.25) is 5.02 Å². The molecule has 0 aliphatic rings. The molecule has 0 heterocycles. The van der Waals surface area contributed by atoms with Crippen LogP contribution in [-0.2, 0) is 0 Å². The fourth-order valence-corrected chi connectivity index (χ4v) is 2.20. The summed E-state index contributed by atoms with van der Waals surface area (Å²) < 4.78 is 0.935. The Morgan fingerprint density at radius 1 is 1.32 bits per heavy atom. The number of nitrogens with one attached hydrogen (secondary N) is 1. The fraction of sp³-hybridized carbons (Fsp3) is 0.0714. The molecule has 5 heteroatoms. The van der Waals surface area contributed by atoms with Crippen LogP contribution in [0.1, 0.15) is 15.9 Å². The summed E-state index contributed by atoms with van der Waals surface area (Å²) in [7, 11) is 0. The van der Waals surface area contributed by atoms with E-state index in [4.69, 9.17) is 17.3 Å². The van der Waals surface area contributed by atoms with Crippen LogP contribution in [0.15, 0.2) is 40.9 Å². The summed E-state index contributed by atoms with van der Waals surface area (Å²) in [6, 6.07) is 10.4. The van der Waals surface area contributed by atoms with Crippen LogP contribution in [0.5, 0.6) is 0 Å². The predicted octanol–water partition coefficient (Wildman–Crippen LogP) is 4.25. The van der Waals surface area contributed by atoms with Crippen molar-refractivity contribution >= 4 is 44.8 Å². The Balaban J connectivity index is 2.31. The van der Waals surface area contributed by atoms with E-state index in [1.54, 1.807) is 18.2 Å². The van der Waals surface area contributed by atoms with Crippen molar-refractivity contribution in [3.05, 3.63) is 57.0 Å². The van der Waals surface area contributed by atoms with Gasteiger partial charge >= 0.3 is 0 Å². The van der Waals surface area contributed by atoms with Gasteiger partial charge in [0.2, 0.25) is 0 Å². The predicted molar refractivity (Wildman–Crippen MR) is 82.7 cm³/mol. The van der Waals surface area contributed by atoms with Crippen molar-refractivity contribution in [3.63, 3.8) is 0 Å². The highest BCUT2D eigenvalue weighted by molar-refractivity contribution is 9.10. The third-order valence-electron chi connectivity index (χ3n) is 2.78. The second kappa shape index (κ2) is 5.63. The summed E-state index contributed by atoms with van der Waals surface area (Å²) in [5.41, 5.74) is 8.24. The summed E-state index contributed by atoms with van der Waals surface area (Å²) in [6.45, 7) is 1.92. The molecule has 0 saturated carbocycles. The highest BCUT2D eigenvalue weighted by Gasteiger charge is 2.12. The van der Waals surface area contributed by atoms with Gasteiger partial charge in [0.1, 0.15) is 0 Å². The first kappa shape index (κ1) is 13.9. The lowest BCUT2D eigenvalue weighted by Gasteiger charge is -2.11. The van der Waals surface area contributed by atoms with E-state index in [0.29, 0.717) is 16.3 Å². The van der Waals surface area contributed by atoms with E-state index in [1.165, 1.54) is 0 Å². The molecule has 0 bridgehead atoms. The third kappa shape index (κ3) is 3.08. The average molecular weight is 340 g/mol. The molecule has 0 aliphatic carbocycles. The topological polar surface area (TPSA) is 55.1 Å². The van der Waals surface area contributed by atoms with E-state index in [-0.39, 0.29) is 5.91 Å². The summed E-state index contributed by atoms with van der Waals surface area (Å²) in [5.74, 6) is -0.277. The molecule has 0 unspecified atom stereocenters. The molecule has 0 aromatic heterocycles. The van der Waals surface area contributed by atoms with Crippen LogP contribution in [0.4, 0.5) is 11.4 Å². The lowest BCUT2D eigenvalue weighted by Crippen LogP contribution is -2.14. The third-order valence-corrected chi connectivity index (χ3v) is 3.87. The Morgan fingerprint density at radius 2 is 2.05 bits per heavy atom. The molecule has 0 saturated heterocycles. The molecule has 0 radical (unpaired) electrons. The highest BCUT2D eigenvalue weighted by atomic mass is 79.9. The molecule has 3 N–H and O–H groups in total. The normalized spacial score (nSPS) is 10.3. The Kier molecular flexibility index (Phi) is 4.12. The van der Waals surface area contributed by atoms with E-state index in [2.05, 4.69) is 21.2 Å². The van der Waals surface area contributed by atoms with E-state index in [9.17, 15) is 4.79 Å². The number of benzene rings is 2. The van der Waals surface area contributed by atoms with Gasteiger partial charge in [-0.2, -0.15) is 0 Å². The van der Waals surface area contributed by atoms with Gasteiger partial charge in [-0.05, 0) is 42.8 Å². The number of hydrogen-bond donors (Lipinski definition) is 2. The summed E-state index contributed by atoms with van der Waals surface area (Å²) >= 11 is 9.30. The van der Waals surface area contributed by atoms with Crippen molar-refractivity contribution in [2.24, 2.45) is 0 Å². The van der Waals surface area contributed by atoms with Crippen LogP contribution >= 0.6 is 27.5 Å². The van der Waals surface area contributed by atoms with Gasteiger partial charge < -0.3 is 11.1 Å². The van der Waals surface area contributed by atoms with Crippen LogP contribution in [0, 0.1) is 6.92 Å². The molecule has 0 atom stereocenters. The minimum Gasteiger partial charge on any atom is -0.398 e. The first-order chi connectivity index (χ1) is 8.99. The second-order valence-electron chi connectivity index (χ2n) is 4.10. The molecule has 0 fully saturated rings. The van der Waals surface area contributed by atoms with Gasteiger partial charge in [0.15, 0.2) is 0 Å². The molecule has 2 aromatic carbocycles. The van der Waals surface area contributed by atoms with Crippen molar-refractivity contribution in [3.8, 4) is 0 Å². The van der Waals surface area contributed by atoms with Crippen molar-refractivity contribution in [2.75, 3.05) is 11.1 Å². The molecule has 0 spiro atoms. The maximum Gasteiger partial charge on any atom is 0.257 e. The Hall–Kier alpha value is -1.52. The molecule has 0 aliphatic heterocycles. The molecular weight excluding hydrogens is 328 g/mol. The lowest BCUT2D eigenvalue weighted by molar-refractivity contribution is 0.102. The Morgan fingerprint density at radius 3 is 2.79 bits per heavy atom. The molecule has 98 valence electrons. The maximum absolute atomic E-state index is 12.2. The summed E-state index contributed by atoms with van der Waals surface area (Å²) in [4.78, 5) is 12.2. The zero-order valence-electron chi connectivity index (χ0n) is 10.2. The number of carbonyl (C=O) groups excluding carboxylic acids is 1. The molecule has 3 nitrogen and oxygen atoms in total. The number of rotatable bonds is 2. The zero-order chi connectivity index (χ0) is 14.0. The van der Waals surface area contributed by atoms with Crippen molar-refractivity contribution in [2.45, 2.75) is 6.92 Å². The van der Waals surface area contributed by atoms with E-state index >= 15 is 0 Å². The minimum atomic E-state index is -0.277. The smallest absolute Gasteiger partial charge is 0.257 e. The monoisotopic (exact) mass is 338 g/mol. The van der Waals surface area contributed by atoms with Crippen molar-refractivity contribution < 1.29 is 4.79 Å². The number of anilines is 2. The van der Waals surface area contributed by atoms with Gasteiger partial charge in [-0.25, -0.2) is 0 Å². The zero-order valence-corrected chi connectivity index (χ0v) is 12.5. The standard InChI is InChI=1S/C14H12BrClN2O/c1-8-11(15)3-2-4-13(8)18-14(19)10-7-9(16)5-6-12(10)17/h2-7H,17H2,1H3,(H,18,19). The Labute approximate surface area is 124 Å². The molecule has 2 aromatic rings. The first-order valence-electron chi connectivity index (χ1n) is 5.60. The van der Waals surface area contributed by atoms with Gasteiger partial charge in [-0.1, -0.05) is 33.6 Å². The summed E-state index contributed by atoms with van der Waals surface area (Å²) in [5, 5.41) is 3.30. The van der Waals surface area contributed by atoms with Crippen LogP contribution in [-0.4, -0.2) is 5.91 Å². The Bertz CT molecular complexity index is 643. The van der Waals surface area contributed by atoms with Gasteiger partial charge in [-0.3, -0.25) is 4.79 Å². The van der Waals surface area contributed by atoms with Crippen LogP contribution < -0.4 is 11.1 Å². The summed E-state index contributed by atoms with van der Waals surface area (Å²) in [6.07, 6.45) is 0. The SMILES string of the molecule is Cc1c(Br)cccc1NC(=O)c1cc(Cl)ccc1N. The number of hydrogen-bond acceptors (Lipinski definition) is 2. The highest BCUT2D eigenvalue weighted by Crippen LogP contribution is 2.25. The number of amides is 1. The number of halogens is 2. The van der Waals surface area contributed by atoms with E-state index in [1.807, 2.05) is 25.1 Å². The number of nitrogen functional groups attached to an aromatic ring is 1. The van der Waals surface area contributed by atoms with E-state index in [0.717, 1.165) is 15.7 Å². The fourth-order valence-electron chi connectivity index (χ4n) is 1.66. The van der Waals surface area contributed by atoms with Gasteiger partial charge in [0.05, 0.1) is 5.56 Å². The minimum absolute atomic E-state index is 0.277.